The maximum absolute atomic E-state index is 12.5. The smallest absolute Gasteiger partial charge is 0.265 e. The minimum absolute atomic E-state index is 0.0231. The Hall–Kier alpha value is -0.550. The SMILES string of the molecule is Nc1nc(S(N)(=O)=O)cc(C(F)F)c1I. The largest absolute Gasteiger partial charge is 0.383 e. The number of hydrogen-bond acceptors (Lipinski definition) is 4. The quantitative estimate of drug-likeness (QED) is 0.774. The maximum atomic E-state index is 12.5. The Labute approximate surface area is 98.0 Å². The molecule has 4 N–H and O–H groups in total. The standard InChI is InChI=1S/C6H6F2IN3O2S/c7-5(8)2-1-3(15(11,13)14)12-6(10)4(2)9/h1,5H,(H2,10,12)(H2,11,13,14). The zero-order valence-electron chi connectivity index (χ0n) is 7.12. The van der Waals surface area contributed by atoms with Crippen molar-refractivity contribution in [2.45, 2.75) is 11.5 Å². The predicted octanol–water partition coefficient (Wildman–Crippen LogP) is 0.853. The van der Waals surface area contributed by atoms with Crippen LogP contribution in [0, 0.1) is 3.57 Å². The third-order valence-corrected chi connectivity index (χ3v) is 3.48. The fourth-order valence-corrected chi connectivity index (χ4v) is 1.88. The number of halogens is 3. The summed E-state index contributed by atoms with van der Waals surface area (Å²) in [5.41, 5.74) is 4.79. The van der Waals surface area contributed by atoms with Crippen molar-refractivity contribution in [3.8, 4) is 0 Å². The Morgan fingerprint density at radius 2 is 2.00 bits per heavy atom. The molecule has 0 radical (unpaired) electrons. The van der Waals surface area contributed by atoms with E-state index in [0.29, 0.717) is 0 Å². The lowest BCUT2D eigenvalue weighted by molar-refractivity contribution is 0.150. The summed E-state index contributed by atoms with van der Waals surface area (Å²) in [5, 5.41) is 4.09. The van der Waals surface area contributed by atoms with Crippen molar-refractivity contribution >= 4 is 38.4 Å². The Kier molecular flexibility index (Phi) is 3.45. The van der Waals surface area contributed by atoms with E-state index in [0.717, 1.165) is 6.07 Å². The molecule has 0 fully saturated rings. The molecule has 0 saturated carbocycles. The predicted molar refractivity (Wildman–Crippen MR) is 57.7 cm³/mol. The summed E-state index contributed by atoms with van der Waals surface area (Å²) in [7, 11) is -4.13. The second kappa shape index (κ2) is 4.14. The molecule has 1 rings (SSSR count). The van der Waals surface area contributed by atoms with E-state index in [4.69, 9.17) is 10.9 Å². The monoisotopic (exact) mass is 349 g/mol. The fourth-order valence-electron chi connectivity index (χ4n) is 0.849. The molecule has 0 bridgehead atoms. The number of primary sulfonamides is 1. The molecule has 1 aromatic heterocycles. The van der Waals surface area contributed by atoms with E-state index in [2.05, 4.69) is 4.98 Å². The van der Waals surface area contributed by atoms with Crippen LogP contribution in [0.3, 0.4) is 0 Å². The van der Waals surface area contributed by atoms with Gasteiger partial charge in [0.05, 0.1) is 3.57 Å². The van der Waals surface area contributed by atoms with Crippen LogP contribution in [0.4, 0.5) is 14.6 Å². The normalized spacial score (nSPS) is 12.1. The van der Waals surface area contributed by atoms with Crippen LogP contribution < -0.4 is 10.9 Å². The zero-order chi connectivity index (χ0) is 11.8. The van der Waals surface area contributed by atoms with Crippen LogP contribution >= 0.6 is 22.6 Å². The van der Waals surface area contributed by atoms with Gasteiger partial charge < -0.3 is 5.73 Å². The summed E-state index contributed by atoms with van der Waals surface area (Å²) in [6.07, 6.45) is -2.83. The molecule has 0 saturated heterocycles. The van der Waals surface area contributed by atoms with Gasteiger partial charge in [0, 0.05) is 5.56 Å². The van der Waals surface area contributed by atoms with Gasteiger partial charge >= 0.3 is 0 Å². The van der Waals surface area contributed by atoms with E-state index in [1.807, 2.05) is 0 Å². The lowest BCUT2D eigenvalue weighted by Crippen LogP contribution is -2.16. The molecule has 0 atom stereocenters. The molecule has 1 aromatic rings. The summed E-state index contributed by atoms with van der Waals surface area (Å²) in [6, 6.07) is 0.720. The second-order valence-corrected chi connectivity index (χ2v) is 5.18. The molecule has 0 amide bonds. The molecule has 0 aliphatic heterocycles. The average molecular weight is 349 g/mol. The molecule has 15 heavy (non-hydrogen) atoms. The molecular weight excluding hydrogens is 343 g/mol. The highest BCUT2D eigenvalue weighted by molar-refractivity contribution is 14.1. The van der Waals surface area contributed by atoms with Crippen LogP contribution in [-0.4, -0.2) is 13.4 Å². The van der Waals surface area contributed by atoms with Crippen molar-refractivity contribution in [1.29, 1.82) is 0 Å². The van der Waals surface area contributed by atoms with Crippen LogP contribution in [0.5, 0.6) is 0 Å². The van der Waals surface area contributed by atoms with Crippen LogP contribution in [0.2, 0.25) is 0 Å². The second-order valence-electron chi connectivity index (χ2n) is 2.59. The number of rotatable bonds is 2. The summed E-state index contributed by atoms with van der Waals surface area (Å²) >= 11 is 1.56. The molecule has 5 nitrogen and oxygen atoms in total. The first kappa shape index (κ1) is 12.5. The third-order valence-electron chi connectivity index (χ3n) is 1.51. The first-order chi connectivity index (χ1) is 6.73. The molecule has 0 unspecified atom stereocenters. The van der Waals surface area contributed by atoms with Gasteiger partial charge in [0.2, 0.25) is 0 Å². The highest BCUT2D eigenvalue weighted by Crippen LogP contribution is 2.28. The van der Waals surface area contributed by atoms with Crippen molar-refractivity contribution in [3.05, 3.63) is 15.2 Å². The van der Waals surface area contributed by atoms with Crippen LogP contribution in [0.1, 0.15) is 12.0 Å². The summed E-state index contributed by atoms with van der Waals surface area (Å²) in [4.78, 5) is 3.41. The van der Waals surface area contributed by atoms with Gasteiger partial charge in [-0.25, -0.2) is 27.3 Å². The number of aromatic nitrogens is 1. The van der Waals surface area contributed by atoms with E-state index < -0.39 is 27.0 Å². The van der Waals surface area contributed by atoms with Crippen molar-refractivity contribution in [2.24, 2.45) is 5.14 Å². The van der Waals surface area contributed by atoms with Crippen molar-refractivity contribution in [2.75, 3.05) is 5.73 Å². The number of alkyl halides is 2. The number of sulfonamides is 1. The molecule has 9 heteroatoms. The minimum Gasteiger partial charge on any atom is -0.383 e. The number of nitrogens with zero attached hydrogens (tertiary/aromatic N) is 1. The van der Waals surface area contributed by atoms with Gasteiger partial charge in [0.25, 0.3) is 16.4 Å². The van der Waals surface area contributed by atoms with Gasteiger partial charge in [0.15, 0.2) is 5.03 Å². The van der Waals surface area contributed by atoms with Gasteiger partial charge in [-0.15, -0.1) is 0 Å². The Bertz CT molecular complexity index is 491. The topological polar surface area (TPSA) is 99.1 Å². The van der Waals surface area contributed by atoms with E-state index in [9.17, 15) is 17.2 Å². The minimum atomic E-state index is -4.13. The zero-order valence-corrected chi connectivity index (χ0v) is 10.1. The molecule has 84 valence electrons. The molecule has 0 aliphatic rings. The summed E-state index contributed by atoms with van der Waals surface area (Å²) < 4.78 is 46.7. The highest BCUT2D eigenvalue weighted by atomic mass is 127. The third kappa shape index (κ3) is 2.72. The maximum Gasteiger partial charge on any atom is 0.265 e. The molecule has 1 heterocycles. The number of anilines is 1. The molecule has 0 aliphatic carbocycles. The van der Waals surface area contributed by atoms with Crippen molar-refractivity contribution in [3.63, 3.8) is 0 Å². The summed E-state index contributed by atoms with van der Waals surface area (Å²) in [6.45, 7) is 0. The van der Waals surface area contributed by atoms with Crippen molar-refractivity contribution < 1.29 is 17.2 Å². The number of nitrogen functional groups attached to an aromatic ring is 1. The first-order valence-corrected chi connectivity index (χ1v) is 6.13. The average Bonchev–Trinajstić information content (AvgIpc) is 2.06. The van der Waals surface area contributed by atoms with Crippen LogP contribution in [-0.2, 0) is 10.0 Å². The van der Waals surface area contributed by atoms with Crippen LogP contribution in [0.15, 0.2) is 11.1 Å². The van der Waals surface area contributed by atoms with E-state index >= 15 is 0 Å². The van der Waals surface area contributed by atoms with E-state index in [1.165, 1.54) is 0 Å². The number of hydrogen-bond donors (Lipinski definition) is 2. The molecular formula is C6H6F2IN3O2S. The van der Waals surface area contributed by atoms with Gasteiger partial charge in [0.1, 0.15) is 5.82 Å². The number of nitrogens with two attached hydrogens (primary N) is 2. The Balaban J connectivity index is 3.50. The van der Waals surface area contributed by atoms with E-state index in [1.54, 1.807) is 22.6 Å². The van der Waals surface area contributed by atoms with Gasteiger partial charge in [-0.3, -0.25) is 0 Å². The lowest BCUT2D eigenvalue weighted by atomic mass is 10.3. The van der Waals surface area contributed by atoms with Gasteiger partial charge in [-0.1, -0.05) is 0 Å². The molecule has 0 spiro atoms. The Morgan fingerprint density at radius 1 is 1.47 bits per heavy atom. The molecule has 0 aromatic carbocycles. The van der Waals surface area contributed by atoms with Gasteiger partial charge in [-0.05, 0) is 28.7 Å². The number of pyridine rings is 1. The van der Waals surface area contributed by atoms with Crippen LogP contribution in [0.25, 0.3) is 0 Å². The highest BCUT2D eigenvalue weighted by Gasteiger charge is 2.20. The first-order valence-electron chi connectivity index (χ1n) is 3.50. The lowest BCUT2D eigenvalue weighted by Gasteiger charge is -2.07. The van der Waals surface area contributed by atoms with Gasteiger partial charge in [-0.2, -0.15) is 0 Å². The fraction of sp³-hybridized carbons (Fsp3) is 0.167. The van der Waals surface area contributed by atoms with Crippen molar-refractivity contribution in [1.82, 2.24) is 4.98 Å². The Morgan fingerprint density at radius 3 is 2.40 bits per heavy atom. The van der Waals surface area contributed by atoms with E-state index in [-0.39, 0.29) is 9.39 Å². The summed E-state index contributed by atoms with van der Waals surface area (Å²) in [5.74, 6) is -0.280.